The molecule has 2 aromatic carbocycles. The number of hydrogen-bond donors (Lipinski definition) is 0. The van der Waals surface area contributed by atoms with Crippen LogP contribution in [0.1, 0.15) is 29.2 Å². The van der Waals surface area contributed by atoms with Crippen molar-refractivity contribution < 1.29 is 4.74 Å². The maximum Gasteiger partial charge on any atom is 0.122 e. The van der Waals surface area contributed by atoms with E-state index in [-0.39, 0.29) is 0 Å². The van der Waals surface area contributed by atoms with Gasteiger partial charge in [-0.1, -0.05) is 43.3 Å². The Morgan fingerprint density at radius 2 is 1.72 bits per heavy atom. The van der Waals surface area contributed by atoms with E-state index in [0.29, 0.717) is 6.61 Å². The lowest BCUT2D eigenvalue weighted by atomic mass is 10.1. The SMILES string of the molecule is CCc1ccccc1OCc1ccc(C)c(C)c1. The van der Waals surface area contributed by atoms with Crippen molar-refractivity contribution >= 4 is 0 Å². The van der Waals surface area contributed by atoms with Gasteiger partial charge < -0.3 is 4.74 Å². The summed E-state index contributed by atoms with van der Waals surface area (Å²) < 4.78 is 5.91. The van der Waals surface area contributed by atoms with E-state index in [0.717, 1.165) is 12.2 Å². The van der Waals surface area contributed by atoms with Gasteiger partial charge in [-0.3, -0.25) is 0 Å². The maximum atomic E-state index is 5.91. The van der Waals surface area contributed by atoms with Crippen molar-refractivity contribution in [1.29, 1.82) is 0 Å². The Hall–Kier alpha value is -1.76. The van der Waals surface area contributed by atoms with Crippen LogP contribution in [0.25, 0.3) is 0 Å². The summed E-state index contributed by atoms with van der Waals surface area (Å²) >= 11 is 0. The quantitative estimate of drug-likeness (QED) is 0.767. The zero-order chi connectivity index (χ0) is 13.0. The fourth-order valence-corrected chi connectivity index (χ4v) is 1.99. The molecule has 18 heavy (non-hydrogen) atoms. The Morgan fingerprint density at radius 1 is 0.944 bits per heavy atom. The number of benzene rings is 2. The van der Waals surface area contributed by atoms with Crippen LogP contribution >= 0.6 is 0 Å². The van der Waals surface area contributed by atoms with E-state index >= 15 is 0 Å². The van der Waals surface area contributed by atoms with Crippen LogP contribution in [-0.4, -0.2) is 0 Å². The molecule has 2 aromatic rings. The average molecular weight is 240 g/mol. The van der Waals surface area contributed by atoms with Crippen molar-refractivity contribution in [3.05, 3.63) is 64.7 Å². The molecular weight excluding hydrogens is 220 g/mol. The second-order valence-electron chi connectivity index (χ2n) is 4.67. The Labute approximate surface area is 109 Å². The molecule has 0 saturated heterocycles. The molecule has 1 heteroatoms. The molecule has 0 radical (unpaired) electrons. The van der Waals surface area contributed by atoms with Gasteiger partial charge in [-0.05, 0) is 48.6 Å². The molecule has 0 saturated carbocycles. The van der Waals surface area contributed by atoms with Gasteiger partial charge >= 0.3 is 0 Å². The Morgan fingerprint density at radius 3 is 2.44 bits per heavy atom. The molecule has 0 heterocycles. The molecule has 0 aliphatic heterocycles. The van der Waals surface area contributed by atoms with Crippen LogP contribution < -0.4 is 4.74 Å². The summed E-state index contributed by atoms with van der Waals surface area (Å²) in [4.78, 5) is 0. The Bertz CT molecular complexity index is 529. The van der Waals surface area contributed by atoms with Gasteiger partial charge in [-0.2, -0.15) is 0 Å². The summed E-state index contributed by atoms with van der Waals surface area (Å²) in [5.41, 5.74) is 5.14. The molecule has 0 aromatic heterocycles. The standard InChI is InChI=1S/C17H20O/c1-4-16-7-5-6-8-17(16)18-12-15-10-9-13(2)14(3)11-15/h5-11H,4,12H2,1-3H3. The first kappa shape index (κ1) is 12.7. The van der Waals surface area contributed by atoms with E-state index in [9.17, 15) is 0 Å². The highest BCUT2D eigenvalue weighted by Gasteiger charge is 2.02. The van der Waals surface area contributed by atoms with Gasteiger partial charge in [0, 0.05) is 0 Å². The first-order chi connectivity index (χ1) is 8.70. The Balaban J connectivity index is 2.09. The predicted octanol–water partition coefficient (Wildman–Crippen LogP) is 4.44. The third-order valence-electron chi connectivity index (χ3n) is 3.32. The molecule has 0 N–H and O–H groups in total. The summed E-state index contributed by atoms with van der Waals surface area (Å²) in [5, 5.41) is 0. The van der Waals surface area contributed by atoms with Gasteiger partial charge in [-0.25, -0.2) is 0 Å². The molecule has 2 rings (SSSR count). The van der Waals surface area contributed by atoms with Crippen LogP contribution in [0.3, 0.4) is 0 Å². The summed E-state index contributed by atoms with van der Waals surface area (Å²) in [6.07, 6.45) is 1.00. The van der Waals surface area contributed by atoms with Crippen molar-refractivity contribution in [3.63, 3.8) is 0 Å². The summed E-state index contributed by atoms with van der Waals surface area (Å²) in [6, 6.07) is 14.7. The molecule has 1 nitrogen and oxygen atoms in total. The summed E-state index contributed by atoms with van der Waals surface area (Å²) in [7, 11) is 0. The van der Waals surface area contributed by atoms with Crippen LogP contribution in [0.4, 0.5) is 0 Å². The predicted molar refractivity (Wildman–Crippen MR) is 76.1 cm³/mol. The lowest BCUT2D eigenvalue weighted by Gasteiger charge is -2.11. The smallest absolute Gasteiger partial charge is 0.122 e. The third kappa shape index (κ3) is 2.92. The molecule has 0 unspecified atom stereocenters. The largest absolute Gasteiger partial charge is 0.489 e. The van der Waals surface area contributed by atoms with Crippen molar-refractivity contribution in [1.82, 2.24) is 0 Å². The zero-order valence-corrected chi connectivity index (χ0v) is 11.4. The molecule has 0 bridgehead atoms. The molecule has 0 amide bonds. The van der Waals surface area contributed by atoms with E-state index < -0.39 is 0 Å². The van der Waals surface area contributed by atoms with Crippen molar-refractivity contribution in [2.24, 2.45) is 0 Å². The van der Waals surface area contributed by atoms with E-state index in [1.807, 2.05) is 12.1 Å². The fourth-order valence-electron chi connectivity index (χ4n) is 1.99. The van der Waals surface area contributed by atoms with Crippen molar-refractivity contribution in [2.75, 3.05) is 0 Å². The van der Waals surface area contributed by atoms with Crippen molar-refractivity contribution in [2.45, 2.75) is 33.8 Å². The number of rotatable bonds is 4. The molecular formula is C17H20O. The van der Waals surface area contributed by atoms with Gasteiger partial charge in [0.15, 0.2) is 0 Å². The lowest BCUT2D eigenvalue weighted by Crippen LogP contribution is -1.98. The van der Waals surface area contributed by atoms with Crippen LogP contribution in [0.2, 0.25) is 0 Å². The topological polar surface area (TPSA) is 9.23 Å². The number of aryl methyl sites for hydroxylation is 3. The Kier molecular flexibility index (Phi) is 4.03. The van der Waals surface area contributed by atoms with Gasteiger partial charge in [0.05, 0.1) is 0 Å². The third-order valence-corrected chi connectivity index (χ3v) is 3.32. The highest BCUT2D eigenvalue weighted by molar-refractivity contribution is 5.34. The molecule has 0 aliphatic carbocycles. The molecule has 0 spiro atoms. The number of para-hydroxylation sites is 1. The van der Waals surface area contributed by atoms with E-state index in [2.05, 4.69) is 51.1 Å². The normalized spacial score (nSPS) is 10.4. The second kappa shape index (κ2) is 5.72. The highest BCUT2D eigenvalue weighted by atomic mass is 16.5. The van der Waals surface area contributed by atoms with Crippen LogP contribution in [0.15, 0.2) is 42.5 Å². The first-order valence-electron chi connectivity index (χ1n) is 6.47. The summed E-state index contributed by atoms with van der Waals surface area (Å²) in [5.74, 6) is 0.998. The monoisotopic (exact) mass is 240 g/mol. The van der Waals surface area contributed by atoms with Gasteiger partial charge in [0.2, 0.25) is 0 Å². The minimum atomic E-state index is 0.637. The summed E-state index contributed by atoms with van der Waals surface area (Å²) in [6.45, 7) is 7.06. The highest BCUT2D eigenvalue weighted by Crippen LogP contribution is 2.20. The van der Waals surface area contributed by atoms with E-state index in [1.165, 1.54) is 22.3 Å². The van der Waals surface area contributed by atoms with Crippen LogP contribution in [0.5, 0.6) is 5.75 Å². The molecule has 0 fully saturated rings. The molecule has 94 valence electrons. The van der Waals surface area contributed by atoms with Crippen molar-refractivity contribution in [3.8, 4) is 5.75 Å². The molecule has 0 atom stereocenters. The van der Waals surface area contributed by atoms with E-state index in [4.69, 9.17) is 4.74 Å². The first-order valence-corrected chi connectivity index (χ1v) is 6.47. The zero-order valence-electron chi connectivity index (χ0n) is 11.4. The molecule has 0 aliphatic rings. The lowest BCUT2D eigenvalue weighted by molar-refractivity contribution is 0.303. The van der Waals surface area contributed by atoms with E-state index in [1.54, 1.807) is 0 Å². The van der Waals surface area contributed by atoms with Gasteiger partial charge in [0.1, 0.15) is 12.4 Å². The minimum Gasteiger partial charge on any atom is -0.489 e. The van der Waals surface area contributed by atoms with Crippen LogP contribution in [-0.2, 0) is 13.0 Å². The van der Waals surface area contributed by atoms with Crippen LogP contribution in [0, 0.1) is 13.8 Å². The maximum absolute atomic E-state index is 5.91. The number of ether oxygens (including phenoxy) is 1. The van der Waals surface area contributed by atoms with Gasteiger partial charge in [-0.15, -0.1) is 0 Å². The minimum absolute atomic E-state index is 0.637. The van der Waals surface area contributed by atoms with Gasteiger partial charge in [0.25, 0.3) is 0 Å². The average Bonchev–Trinajstić information content (AvgIpc) is 2.40. The second-order valence-corrected chi connectivity index (χ2v) is 4.67. The fraction of sp³-hybridized carbons (Fsp3) is 0.294. The number of hydrogen-bond acceptors (Lipinski definition) is 1.